The summed E-state index contributed by atoms with van der Waals surface area (Å²) in [5.41, 5.74) is 0. The van der Waals surface area contributed by atoms with E-state index in [1.54, 1.807) is 16.7 Å². The Balaban J connectivity index is 1.87. The molecular formula is C13H22N2O4. The van der Waals surface area contributed by atoms with Gasteiger partial charge in [-0.15, -0.1) is 0 Å². The highest BCUT2D eigenvalue weighted by molar-refractivity contribution is 5.77. The van der Waals surface area contributed by atoms with E-state index in [2.05, 4.69) is 0 Å². The number of aliphatic hydroxyl groups excluding tert-OH is 1. The highest BCUT2D eigenvalue weighted by Crippen LogP contribution is 2.27. The lowest BCUT2D eigenvalue weighted by molar-refractivity contribution is -0.145. The fourth-order valence-corrected chi connectivity index (χ4v) is 2.81. The third kappa shape index (κ3) is 2.83. The average molecular weight is 270 g/mol. The zero-order valence-electron chi connectivity index (χ0n) is 11.3. The van der Waals surface area contributed by atoms with Crippen molar-refractivity contribution in [3.63, 3.8) is 0 Å². The van der Waals surface area contributed by atoms with Crippen molar-refractivity contribution in [3.8, 4) is 0 Å². The molecule has 2 unspecified atom stereocenters. The Morgan fingerprint density at radius 2 is 2.00 bits per heavy atom. The van der Waals surface area contributed by atoms with E-state index in [-0.39, 0.29) is 24.6 Å². The van der Waals surface area contributed by atoms with Crippen molar-refractivity contribution in [2.75, 3.05) is 26.2 Å². The first kappa shape index (κ1) is 14.1. The molecule has 2 aliphatic heterocycles. The van der Waals surface area contributed by atoms with Gasteiger partial charge < -0.3 is 20.0 Å². The molecule has 0 aromatic rings. The van der Waals surface area contributed by atoms with Crippen molar-refractivity contribution in [2.24, 2.45) is 11.8 Å². The standard InChI is InChI=1S/C13H22N2O4/c1-9(12(17)18)10-6-14(7-10)13(19)15-5-3-2-4-11(15)8-16/h9-11,16H,2-8H2,1H3,(H,17,18). The van der Waals surface area contributed by atoms with E-state index in [1.165, 1.54) is 0 Å². The van der Waals surface area contributed by atoms with Crippen LogP contribution in [-0.4, -0.2) is 64.3 Å². The summed E-state index contributed by atoms with van der Waals surface area (Å²) >= 11 is 0. The molecule has 2 aliphatic rings. The minimum absolute atomic E-state index is 0.00847. The molecule has 0 spiro atoms. The molecular weight excluding hydrogens is 248 g/mol. The summed E-state index contributed by atoms with van der Waals surface area (Å²) in [6.07, 6.45) is 2.88. The van der Waals surface area contributed by atoms with Crippen molar-refractivity contribution in [2.45, 2.75) is 32.2 Å². The second-order valence-electron chi connectivity index (χ2n) is 5.60. The number of carboxylic acid groups (broad SMARTS) is 1. The molecule has 6 nitrogen and oxygen atoms in total. The minimum atomic E-state index is -0.802. The molecule has 2 amide bonds. The van der Waals surface area contributed by atoms with Crippen LogP contribution in [0.5, 0.6) is 0 Å². The molecule has 6 heteroatoms. The number of aliphatic carboxylic acids is 1. The van der Waals surface area contributed by atoms with Crippen LogP contribution in [0.25, 0.3) is 0 Å². The first-order chi connectivity index (χ1) is 9.04. The summed E-state index contributed by atoms with van der Waals surface area (Å²) in [5.74, 6) is -1.15. The highest BCUT2D eigenvalue weighted by Gasteiger charge is 2.40. The zero-order chi connectivity index (χ0) is 14.0. The predicted octanol–water partition coefficient (Wildman–Crippen LogP) is 0.606. The van der Waals surface area contributed by atoms with E-state index in [0.29, 0.717) is 19.6 Å². The number of hydrogen-bond acceptors (Lipinski definition) is 3. The van der Waals surface area contributed by atoms with Gasteiger partial charge in [0.15, 0.2) is 0 Å². The molecule has 0 aromatic carbocycles. The Morgan fingerprint density at radius 1 is 1.32 bits per heavy atom. The van der Waals surface area contributed by atoms with E-state index in [4.69, 9.17) is 5.11 Å². The van der Waals surface area contributed by atoms with E-state index in [9.17, 15) is 14.7 Å². The molecule has 0 aromatic heterocycles. The van der Waals surface area contributed by atoms with Crippen LogP contribution in [0, 0.1) is 11.8 Å². The summed E-state index contributed by atoms with van der Waals surface area (Å²) in [5, 5.41) is 18.2. The van der Waals surface area contributed by atoms with E-state index >= 15 is 0 Å². The molecule has 0 saturated carbocycles. The van der Waals surface area contributed by atoms with Gasteiger partial charge in [0.25, 0.3) is 0 Å². The van der Waals surface area contributed by atoms with Gasteiger partial charge in [0.05, 0.1) is 18.6 Å². The van der Waals surface area contributed by atoms with Crippen LogP contribution in [0.2, 0.25) is 0 Å². The minimum Gasteiger partial charge on any atom is -0.481 e. The van der Waals surface area contributed by atoms with E-state index < -0.39 is 11.9 Å². The van der Waals surface area contributed by atoms with Gasteiger partial charge in [-0.1, -0.05) is 6.92 Å². The van der Waals surface area contributed by atoms with Crippen LogP contribution < -0.4 is 0 Å². The second-order valence-corrected chi connectivity index (χ2v) is 5.60. The Kier molecular flexibility index (Phi) is 4.29. The summed E-state index contributed by atoms with van der Waals surface area (Å²) in [7, 11) is 0. The van der Waals surface area contributed by atoms with Crippen molar-refractivity contribution in [3.05, 3.63) is 0 Å². The van der Waals surface area contributed by atoms with Crippen molar-refractivity contribution < 1.29 is 19.8 Å². The number of amides is 2. The fraction of sp³-hybridized carbons (Fsp3) is 0.846. The fourth-order valence-electron chi connectivity index (χ4n) is 2.81. The van der Waals surface area contributed by atoms with Crippen LogP contribution in [0.4, 0.5) is 4.79 Å². The molecule has 0 aliphatic carbocycles. The van der Waals surface area contributed by atoms with Gasteiger partial charge in [-0.05, 0) is 19.3 Å². The zero-order valence-corrected chi connectivity index (χ0v) is 11.3. The van der Waals surface area contributed by atoms with Gasteiger partial charge in [-0.2, -0.15) is 0 Å². The molecule has 2 N–H and O–H groups in total. The SMILES string of the molecule is CC(C(=O)O)C1CN(C(=O)N2CCCCC2CO)C1. The maximum absolute atomic E-state index is 12.3. The van der Waals surface area contributed by atoms with E-state index in [1.807, 2.05) is 0 Å². The molecule has 0 radical (unpaired) electrons. The summed E-state index contributed by atoms with van der Waals surface area (Å²) in [4.78, 5) is 26.6. The number of aliphatic hydroxyl groups is 1. The monoisotopic (exact) mass is 270 g/mol. The van der Waals surface area contributed by atoms with Gasteiger partial charge in [0, 0.05) is 25.6 Å². The third-order valence-corrected chi connectivity index (χ3v) is 4.36. The Bertz CT molecular complexity index is 355. The van der Waals surface area contributed by atoms with Crippen LogP contribution in [0.1, 0.15) is 26.2 Å². The predicted molar refractivity (Wildman–Crippen MR) is 68.7 cm³/mol. The Morgan fingerprint density at radius 3 is 2.58 bits per heavy atom. The lowest BCUT2D eigenvalue weighted by Gasteiger charge is -2.46. The molecule has 108 valence electrons. The average Bonchev–Trinajstić information content (AvgIpc) is 2.36. The summed E-state index contributed by atoms with van der Waals surface area (Å²) < 4.78 is 0. The lowest BCUT2D eigenvalue weighted by Crippen LogP contribution is -2.60. The number of rotatable bonds is 3. The largest absolute Gasteiger partial charge is 0.481 e. The maximum Gasteiger partial charge on any atom is 0.320 e. The highest BCUT2D eigenvalue weighted by atomic mass is 16.4. The number of urea groups is 1. The number of likely N-dealkylation sites (tertiary alicyclic amines) is 2. The molecule has 2 heterocycles. The molecule has 19 heavy (non-hydrogen) atoms. The van der Waals surface area contributed by atoms with E-state index in [0.717, 1.165) is 19.3 Å². The number of carbonyl (C=O) groups excluding carboxylic acids is 1. The number of nitrogens with zero attached hydrogens (tertiary/aromatic N) is 2. The second kappa shape index (κ2) is 5.77. The van der Waals surface area contributed by atoms with Crippen LogP contribution >= 0.6 is 0 Å². The number of carbonyl (C=O) groups is 2. The van der Waals surface area contributed by atoms with Gasteiger partial charge in [0.1, 0.15) is 0 Å². The first-order valence-electron chi connectivity index (χ1n) is 6.93. The van der Waals surface area contributed by atoms with Crippen molar-refractivity contribution >= 4 is 12.0 Å². The molecule has 2 fully saturated rings. The lowest BCUT2D eigenvalue weighted by atomic mass is 9.87. The smallest absolute Gasteiger partial charge is 0.320 e. The number of carboxylic acids is 1. The quantitative estimate of drug-likeness (QED) is 0.787. The van der Waals surface area contributed by atoms with Gasteiger partial charge in [-0.25, -0.2) is 4.79 Å². The molecule has 2 rings (SSSR count). The summed E-state index contributed by atoms with van der Waals surface area (Å²) in [6.45, 7) is 3.42. The number of piperidine rings is 1. The topological polar surface area (TPSA) is 81.1 Å². The first-order valence-corrected chi connectivity index (χ1v) is 6.93. The number of hydrogen-bond donors (Lipinski definition) is 2. The third-order valence-electron chi connectivity index (χ3n) is 4.36. The van der Waals surface area contributed by atoms with Crippen molar-refractivity contribution in [1.82, 2.24) is 9.80 Å². The van der Waals surface area contributed by atoms with Gasteiger partial charge >= 0.3 is 12.0 Å². The molecule has 2 saturated heterocycles. The van der Waals surface area contributed by atoms with Crippen LogP contribution in [0.15, 0.2) is 0 Å². The van der Waals surface area contributed by atoms with Crippen LogP contribution in [-0.2, 0) is 4.79 Å². The van der Waals surface area contributed by atoms with Crippen LogP contribution in [0.3, 0.4) is 0 Å². The maximum atomic E-state index is 12.3. The van der Waals surface area contributed by atoms with Gasteiger partial charge in [-0.3, -0.25) is 4.79 Å². The molecule has 0 bridgehead atoms. The normalized spacial score (nSPS) is 25.9. The molecule has 2 atom stereocenters. The van der Waals surface area contributed by atoms with Crippen molar-refractivity contribution in [1.29, 1.82) is 0 Å². The Labute approximate surface area is 113 Å². The Hall–Kier alpha value is -1.30. The van der Waals surface area contributed by atoms with Gasteiger partial charge in [0.2, 0.25) is 0 Å². The summed E-state index contributed by atoms with van der Waals surface area (Å²) in [6, 6.07) is -0.121.